The molecule has 0 saturated heterocycles. The van der Waals surface area contributed by atoms with Crippen LogP contribution in [0.1, 0.15) is 15.9 Å². The van der Waals surface area contributed by atoms with E-state index in [9.17, 15) is 13.2 Å². The first-order chi connectivity index (χ1) is 10.9. The molecule has 1 aliphatic heterocycles. The second-order valence-electron chi connectivity index (χ2n) is 5.53. The summed E-state index contributed by atoms with van der Waals surface area (Å²) in [6.45, 7) is 0.325. The highest BCUT2D eigenvalue weighted by molar-refractivity contribution is 7.90. The van der Waals surface area contributed by atoms with Gasteiger partial charge >= 0.3 is 0 Å². The lowest BCUT2D eigenvalue weighted by Crippen LogP contribution is -2.35. The van der Waals surface area contributed by atoms with Crippen molar-refractivity contribution >= 4 is 15.7 Å². The van der Waals surface area contributed by atoms with E-state index in [-0.39, 0.29) is 16.6 Å². The first-order valence-corrected chi connectivity index (χ1v) is 9.16. The molecule has 0 aromatic heterocycles. The van der Waals surface area contributed by atoms with Gasteiger partial charge in [-0.1, -0.05) is 30.3 Å². The number of rotatable bonds is 4. The Kier molecular flexibility index (Phi) is 4.09. The molecule has 0 saturated carbocycles. The molecule has 0 aliphatic carbocycles. The molecule has 1 N–H and O–H groups in total. The zero-order valence-electron chi connectivity index (χ0n) is 12.7. The minimum atomic E-state index is -3.45. The van der Waals surface area contributed by atoms with Crippen LogP contribution in [-0.2, 0) is 16.3 Å². The number of hydrogen-bond acceptors (Lipinski definition) is 4. The van der Waals surface area contributed by atoms with Crippen molar-refractivity contribution in [2.45, 2.75) is 17.4 Å². The number of carbonyl (C=O) groups is 1. The van der Waals surface area contributed by atoms with Crippen LogP contribution in [0.3, 0.4) is 0 Å². The molecule has 0 spiro atoms. The molecular formula is C17H17NO4S. The highest BCUT2D eigenvalue weighted by Crippen LogP contribution is 2.27. The van der Waals surface area contributed by atoms with Crippen LogP contribution in [0.25, 0.3) is 0 Å². The summed E-state index contributed by atoms with van der Waals surface area (Å²) in [6.07, 6.45) is 1.68. The largest absolute Gasteiger partial charge is 0.488 e. The lowest BCUT2D eigenvalue weighted by Gasteiger charge is -2.13. The van der Waals surface area contributed by atoms with E-state index < -0.39 is 15.7 Å². The minimum absolute atomic E-state index is 0.0353. The smallest absolute Gasteiger partial charge is 0.252 e. The summed E-state index contributed by atoms with van der Waals surface area (Å²) in [6, 6.07) is 13.9. The van der Waals surface area contributed by atoms with Crippen LogP contribution in [0.4, 0.5) is 0 Å². The monoisotopic (exact) mass is 331 g/mol. The third-order valence-electron chi connectivity index (χ3n) is 3.74. The van der Waals surface area contributed by atoms with Gasteiger partial charge in [-0.3, -0.25) is 4.79 Å². The molecular weight excluding hydrogens is 314 g/mol. The highest BCUT2D eigenvalue weighted by atomic mass is 32.2. The van der Waals surface area contributed by atoms with Crippen LogP contribution < -0.4 is 10.1 Å². The van der Waals surface area contributed by atoms with Gasteiger partial charge in [0.2, 0.25) is 0 Å². The van der Waals surface area contributed by atoms with Gasteiger partial charge in [-0.05, 0) is 23.8 Å². The molecule has 1 heterocycles. The molecule has 5 nitrogen and oxygen atoms in total. The van der Waals surface area contributed by atoms with E-state index >= 15 is 0 Å². The van der Waals surface area contributed by atoms with E-state index in [1.807, 2.05) is 24.3 Å². The molecule has 3 rings (SSSR count). The SMILES string of the molecule is CS(=O)(=O)c1ccccc1C(=O)NC[C@@H]1Cc2ccccc2O1. The molecule has 1 aliphatic rings. The minimum Gasteiger partial charge on any atom is -0.488 e. The van der Waals surface area contributed by atoms with Crippen molar-refractivity contribution in [2.75, 3.05) is 12.8 Å². The third-order valence-corrected chi connectivity index (χ3v) is 4.89. The maximum Gasteiger partial charge on any atom is 0.252 e. The van der Waals surface area contributed by atoms with Gasteiger partial charge in [0.15, 0.2) is 9.84 Å². The second-order valence-corrected chi connectivity index (χ2v) is 7.51. The Hall–Kier alpha value is -2.34. The molecule has 0 radical (unpaired) electrons. The summed E-state index contributed by atoms with van der Waals surface area (Å²) < 4.78 is 29.3. The summed E-state index contributed by atoms with van der Waals surface area (Å²) in [7, 11) is -3.45. The van der Waals surface area contributed by atoms with Gasteiger partial charge < -0.3 is 10.1 Å². The van der Waals surface area contributed by atoms with Crippen LogP contribution in [0.15, 0.2) is 53.4 Å². The first kappa shape index (κ1) is 15.6. The second kappa shape index (κ2) is 6.04. The van der Waals surface area contributed by atoms with E-state index in [2.05, 4.69) is 5.32 Å². The quantitative estimate of drug-likeness (QED) is 0.927. The number of sulfone groups is 1. The fourth-order valence-electron chi connectivity index (χ4n) is 2.65. The van der Waals surface area contributed by atoms with Crippen LogP contribution in [0.5, 0.6) is 5.75 Å². The normalized spacial score (nSPS) is 16.5. The van der Waals surface area contributed by atoms with Crippen molar-refractivity contribution in [3.63, 3.8) is 0 Å². The Balaban J connectivity index is 1.68. The number of benzene rings is 2. The van der Waals surface area contributed by atoms with Gasteiger partial charge in [-0.25, -0.2) is 8.42 Å². The molecule has 120 valence electrons. The van der Waals surface area contributed by atoms with Gasteiger partial charge in [0.1, 0.15) is 11.9 Å². The number of carbonyl (C=O) groups excluding carboxylic acids is 1. The Bertz CT molecular complexity index is 820. The van der Waals surface area contributed by atoms with E-state index in [0.717, 1.165) is 24.0 Å². The molecule has 1 atom stereocenters. The van der Waals surface area contributed by atoms with Crippen molar-refractivity contribution < 1.29 is 17.9 Å². The summed E-state index contributed by atoms with van der Waals surface area (Å²) in [5.41, 5.74) is 1.27. The number of para-hydroxylation sites is 1. The van der Waals surface area contributed by atoms with Gasteiger partial charge in [-0.15, -0.1) is 0 Å². The third kappa shape index (κ3) is 3.37. The molecule has 1 amide bonds. The Morgan fingerprint density at radius 3 is 2.61 bits per heavy atom. The Labute approximate surface area is 135 Å². The van der Waals surface area contributed by atoms with Crippen LogP contribution in [0, 0.1) is 0 Å². The lowest BCUT2D eigenvalue weighted by molar-refractivity contribution is 0.0930. The molecule has 6 heteroatoms. The predicted octanol–water partition coefficient (Wildman–Crippen LogP) is 1.82. The van der Waals surface area contributed by atoms with Crippen LogP contribution in [0.2, 0.25) is 0 Å². The molecule has 0 fully saturated rings. The fourth-order valence-corrected chi connectivity index (χ4v) is 3.53. The van der Waals surface area contributed by atoms with Crippen molar-refractivity contribution in [3.8, 4) is 5.75 Å². The van der Waals surface area contributed by atoms with Crippen LogP contribution >= 0.6 is 0 Å². The molecule has 2 aromatic rings. The number of fused-ring (bicyclic) bond motifs is 1. The first-order valence-electron chi connectivity index (χ1n) is 7.27. The van der Waals surface area contributed by atoms with Gasteiger partial charge in [0, 0.05) is 12.7 Å². The number of hydrogen-bond donors (Lipinski definition) is 1. The average Bonchev–Trinajstić information content (AvgIpc) is 2.94. The maximum atomic E-state index is 12.3. The summed E-state index contributed by atoms with van der Waals surface area (Å²) in [5, 5.41) is 2.76. The van der Waals surface area contributed by atoms with Crippen molar-refractivity contribution in [2.24, 2.45) is 0 Å². The number of ether oxygens (including phenoxy) is 1. The topological polar surface area (TPSA) is 72.5 Å². The summed E-state index contributed by atoms with van der Waals surface area (Å²) >= 11 is 0. The summed E-state index contributed by atoms with van der Waals surface area (Å²) in [4.78, 5) is 12.3. The van der Waals surface area contributed by atoms with Crippen molar-refractivity contribution in [1.82, 2.24) is 5.32 Å². The van der Waals surface area contributed by atoms with E-state index in [1.54, 1.807) is 12.1 Å². The molecule has 0 bridgehead atoms. The average molecular weight is 331 g/mol. The highest BCUT2D eigenvalue weighted by Gasteiger charge is 2.24. The Morgan fingerprint density at radius 2 is 1.87 bits per heavy atom. The lowest BCUT2D eigenvalue weighted by atomic mass is 10.1. The van der Waals surface area contributed by atoms with E-state index in [0.29, 0.717) is 6.54 Å². The molecule has 0 unspecified atom stereocenters. The zero-order chi connectivity index (χ0) is 16.4. The fraction of sp³-hybridized carbons (Fsp3) is 0.235. The maximum absolute atomic E-state index is 12.3. The number of nitrogens with one attached hydrogen (secondary N) is 1. The standard InChI is InChI=1S/C17H17NO4S/c1-23(20,21)16-9-5-3-7-14(16)17(19)18-11-13-10-12-6-2-4-8-15(12)22-13/h2-9,13H,10-11H2,1H3,(H,18,19)/t13-/m0/s1. The zero-order valence-corrected chi connectivity index (χ0v) is 13.5. The van der Waals surface area contributed by atoms with Crippen molar-refractivity contribution in [3.05, 3.63) is 59.7 Å². The number of amides is 1. The van der Waals surface area contributed by atoms with Gasteiger partial charge in [-0.2, -0.15) is 0 Å². The van der Waals surface area contributed by atoms with Crippen LogP contribution in [-0.4, -0.2) is 33.2 Å². The molecule has 23 heavy (non-hydrogen) atoms. The van der Waals surface area contributed by atoms with Gasteiger partial charge in [0.25, 0.3) is 5.91 Å². The van der Waals surface area contributed by atoms with E-state index in [1.165, 1.54) is 12.1 Å². The summed E-state index contributed by atoms with van der Waals surface area (Å²) in [5.74, 6) is 0.425. The predicted molar refractivity (Wildman–Crippen MR) is 86.4 cm³/mol. The Morgan fingerprint density at radius 1 is 1.17 bits per heavy atom. The van der Waals surface area contributed by atoms with Crippen molar-refractivity contribution in [1.29, 1.82) is 0 Å². The van der Waals surface area contributed by atoms with E-state index in [4.69, 9.17) is 4.74 Å². The molecule has 2 aromatic carbocycles. The van der Waals surface area contributed by atoms with Gasteiger partial charge in [0.05, 0.1) is 17.0 Å².